The van der Waals surface area contributed by atoms with E-state index in [2.05, 4.69) is 5.10 Å². The highest BCUT2D eigenvalue weighted by atomic mass is 19.1. The van der Waals surface area contributed by atoms with Gasteiger partial charge in [-0.3, -0.25) is 4.79 Å². The first kappa shape index (κ1) is 13.5. The van der Waals surface area contributed by atoms with Crippen LogP contribution in [0.3, 0.4) is 0 Å². The summed E-state index contributed by atoms with van der Waals surface area (Å²) in [6.45, 7) is 5.22. The molecule has 0 N–H and O–H groups in total. The van der Waals surface area contributed by atoms with Crippen molar-refractivity contribution >= 4 is 18.6 Å². The molecule has 0 saturated carbocycles. The predicted molar refractivity (Wildman–Crippen MR) is 67.2 cm³/mol. The van der Waals surface area contributed by atoms with Crippen LogP contribution >= 0.6 is 0 Å². The summed E-state index contributed by atoms with van der Waals surface area (Å²) in [5, 5.41) is 5.02. The number of hydrogen-bond donors (Lipinski definition) is 0. The molecule has 19 heavy (non-hydrogen) atoms. The Balaban J connectivity index is 2.17. The van der Waals surface area contributed by atoms with Crippen LogP contribution in [0.4, 0.5) is 9.18 Å². The molecule has 0 spiro atoms. The van der Waals surface area contributed by atoms with Gasteiger partial charge in [0.15, 0.2) is 6.29 Å². The molecule has 0 aromatic rings. The van der Waals surface area contributed by atoms with Crippen LogP contribution in [0.25, 0.3) is 0 Å². The van der Waals surface area contributed by atoms with Crippen LogP contribution in [0.15, 0.2) is 28.7 Å². The highest BCUT2D eigenvalue weighted by Crippen LogP contribution is 2.30. The van der Waals surface area contributed by atoms with Crippen molar-refractivity contribution in [2.24, 2.45) is 11.0 Å². The van der Waals surface area contributed by atoms with Crippen LogP contribution in [-0.4, -0.2) is 35.2 Å². The minimum Gasteiger partial charge on any atom is -0.442 e. The summed E-state index contributed by atoms with van der Waals surface area (Å²) in [6.07, 6.45) is 3.99. The van der Waals surface area contributed by atoms with Gasteiger partial charge in [-0.25, -0.2) is 9.18 Å². The van der Waals surface area contributed by atoms with Gasteiger partial charge in [0, 0.05) is 17.7 Å². The first-order valence-corrected chi connectivity index (χ1v) is 5.93. The molecule has 1 heterocycles. The normalized spacial score (nSPS) is 25.6. The largest absolute Gasteiger partial charge is 0.442 e. The van der Waals surface area contributed by atoms with E-state index in [1.807, 2.05) is 0 Å². The van der Waals surface area contributed by atoms with Crippen molar-refractivity contribution in [2.45, 2.75) is 32.4 Å². The minimum atomic E-state index is -0.647. The molecule has 0 radical (unpaired) electrons. The maximum atomic E-state index is 13.6. The first-order chi connectivity index (χ1) is 8.81. The van der Waals surface area contributed by atoms with Crippen LogP contribution in [0.1, 0.15) is 20.8 Å². The molecule has 1 aliphatic carbocycles. The zero-order valence-corrected chi connectivity index (χ0v) is 11.0. The lowest BCUT2D eigenvalue weighted by atomic mass is 9.93. The lowest BCUT2D eigenvalue weighted by molar-refractivity contribution is -0.104. The van der Waals surface area contributed by atoms with Gasteiger partial charge in [-0.2, -0.15) is 10.1 Å². The Morgan fingerprint density at radius 1 is 1.47 bits per heavy atom. The number of aldehydes is 1. The van der Waals surface area contributed by atoms with Gasteiger partial charge in [0.05, 0.1) is 6.04 Å². The molecule has 2 aliphatic rings. The van der Waals surface area contributed by atoms with Crippen molar-refractivity contribution in [1.82, 2.24) is 5.01 Å². The number of amides is 1. The molecule has 0 aromatic heterocycles. The molecular weight excluding hydrogens is 251 g/mol. The number of nitrogens with zero attached hydrogens (tertiary/aromatic N) is 2. The third-order valence-electron chi connectivity index (χ3n) is 2.71. The van der Waals surface area contributed by atoms with E-state index in [0.717, 1.165) is 5.01 Å². The van der Waals surface area contributed by atoms with Gasteiger partial charge in [-0.15, -0.1) is 0 Å². The summed E-state index contributed by atoms with van der Waals surface area (Å²) >= 11 is 0. The summed E-state index contributed by atoms with van der Waals surface area (Å²) in [6, 6.07) is -0.571. The van der Waals surface area contributed by atoms with Gasteiger partial charge in [0.25, 0.3) is 0 Å². The van der Waals surface area contributed by atoms with Gasteiger partial charge >= 0.3 is 6.09 Å². The highest BCUT2D eigenvalue weighted by Gasteiger charge is 2.38. The number of hydrazone groups is 1. The SMILES string of the molecule is CC(C)(C)OC(=O)N1N=CC2C=C(C=O)C(F)=CC21. The Kier molecular flexibility index (Phi) is 3.26. The van der Waals surface area contributed by atoms with Crippen molar-refractivity contribution < 1.29 is 18.7 Å². The first-order valence-electron chi connectivity index (χ1n) is 5.93. The quantitative estimate of drug-likeness (QED) is 0.684. The van der Waals surface area contributed by atoms with Crippen molar-refractivity contribution in [3.8, 4) is 0 Å². The van der Waals surface area contributed by atoms with E-state index < -0.39 is 23.6 Å². The third kappa shape index (κ3) is 2.72. The van der Waals surface area contributed by atoms with Gasteiger partial charge in [-0.1, -0.05) is 6.08 Å². The average Bonchev–Trinajstić information content (AvgIpc) is 2.68. The number of carbonyl (C=O) groups excluding carboxylic acids is 2. The fourth-order valence-corrected chi connectivity index (χ4v) is 1.91. The highest BCUT2D eigenvalue weighted by molar-refractivity contribution is 5.84. The third-order valence-corrected chi connectivity index (χ3v) is 2.71. The number of fused-ring (bicyclic) bond motifs is 1. The molecule has 5 nitrogen and oxygen atoms in total. The summed E-state index contributed by atoms with van der Waals surface area (Å²) in [5.74, 6) is -0.942. The van der Waals surface area contributed by atoms with E-state index in [1.165, 1.54) is 18.4 Å². The van der Waals surface area contributed by atoms with E-state index in [1.54, 1.807) is 20.8 Å². The number of carbonyl (C=O) groups is 2. The fourth-order valence-electron chi connectivity index (χ4n) is 1.91. The van der Waals surface area contributed by atoms with E-state index in [0.29, 0.717) is 6.29 Å². The van der Waals surface area contributed by atoms with E-state index >= 15 is 0 Å². The molecule has 0 aromatic carbocycles. The monoisotopic (exact) mass is 266 g/mol. The standard InChI is InChI=1S/C13H15FN2O3/c1-13(2,3)19-12(18)16-11-5-10(14)9(7-17)4-8(11)6-15-16/h4-8,11H,1-3H3. The predicted octanol–water partition coefficient (Wildman–Crippen LogP) is 2.20. The van der Waals surface area contributed by atoms with Crippen LogP contribution in [0.5, 0.6) is 0 Å². The average molecular weight is 266 g/mol. The Morgan fingerprint density at radius 2 is 2.16 bits per heavy atom. The molecule has 1 aliphatic heterocycles. The number of ether oxygens (including phenoxy) is 1. The second kappa shape index (κ2) is 4.60. The van der Waals surface area contributed by atoms with Crippen LogP contribution in [0.2, 0.25) is 0 Å². The fraction of sp³-hybridized carbons (Fsp3) is 0.462. The molecule has 2 unspecified atom stereocenters. The van der Waals surface area contributed by atoms with E-state index in [9.17, 15) is 14.0 Å². The molecular formula is C13H15FN2O3. The lowest BCUT2D eigenvalue weighted by Crippen LogP contribution is -2.40. The topological polar surface area (TPSA) is 59.0 Å². The molecule has 1 amide bonds. The molecule has 0 bridgehead atoms. The summed E-state index contributed by atoms with van der Waals surface area (Å²) in [7, 11) is 0. The molecule has 2 rings (SSSR count). The Labute approximate surface area is 110 Å². The Bertz CT molecular complexity index is 503. The summed E-state index contributed by atoms with van der Waals surface area (Å²) in [4.78, 5) is 22.6. The zero-order valence-electron chi connectivity index (χ0n) is 11.0. The van der Waals surface area contributed by atoms with E-state index in [4.69, 9.17) is 4.74 Å². The Hall–Kier alpha value is -1.98. The zero-order chi connectivity index (χ0) is 14.2. The van der Waals surface area contributed by atoms with Crippen LogP contribution in [-0.2, 0) is 9.53 Å². The maximum absolute atomic E-state index is 13.6. The number of rotatable bonds is 1. The maximum Gasteiger partial charge on any atom is 0.431 e. The van der Waals surface area contributed by atoms with Crippen LogP contribution < -0.4 is 0 Å². The second-order valence-electron chi connectivity index (χ2n) is 5.41. The number of halogens is 1. The van der Waals surface area contributed by atoms with Crippen molar-refractivity contribution in [1.29, 1.82) is 0 Å². The van der Waals surface area contributed by atoms with Crippen LogP contribution in [0, 0.1) is 5.92 Å². The van der Waals surface area contributed by atoms with Gasteiger partial charge in [0.2, 0.25) is 0 Å². The minimum absolute atomic E-state index is 0.0151. The molecule has 0 saturated heterocycles. The smallest absolute Gasteiger partial charge is 0.431 e. The van der Waals surface area contributed by atoms with Crippen molar-refractivity contribution in [2.75, 3.05) is 0 Å². The molecule has 102 valence electrons. The summed E-state index contributed by atoms with van der Waals surface area (Å²) < 4.78 is 18.8. The number of hydrogen-bond acceptors (Lipinski definition) is 4. The van der Waals surface area contributed by atoms with Gasteiger partial charge < -0.3 is 4.74 Å². The van der Waals surface area contributed by atoms with E-state index in [-0.39, 0.29) is 11.5 Å². The molecule has 0 fully saturated rings. The number of allylic oxidation sites excluding steroid dienone is 2. The van der Waals surface area contributed by atoms with Gasteiger partial charge in [0.1, 0.15) is 11.4 Å². The second-order valence-corrected chi connectivity index (χ2v) is 5.41. The van der Waals surface area contributed by atoms with Crippen molar-refractivity contribution in [3.63, 3.8) is 0 Å². The van der Waals surface area contributed by atoms with Crippen molar-refractivity contribution in [3.05, 3.63) is 23.6 Å². The molecule has 2 atom stereocenters. The summed E-state index contributed by atoms with van der Waals surface area (Å²) in [5.41, 5.74) is -0.662. The Morgan fingerprint density at radius 3 is 2.74 bits per heavy atom. The lowest BCUT2D eigenvalue weighted by Gasteiger charge is -2.27. The molecule has 6 heteroatoms. The van der Waals surface area contributed by atoms with Gasteiger partial charge in [-0.05, 0) is 26.8 Å².